The van der Waals surface area contributed by atoms with E-state index in [1.165, 1.54) is 0 Å². The summed E-state index contributed by atoms with van der Waals surface area (Å²) in [6.07, 6.45) is 2.46. The molecule has 0 aromatic carbocycles. The van der Waals surface area contributed by atoms with Gasteiger partial charge in [0.05, 0.1) is 16.4 Å². The normalized spacial score (nSPS) is 9.80. The van der Waals surface area contributed by atoms with Crippen LogP contribution in [0, 0.1) is 0 Å². The fraction of sp³-hybridized carbons (Fsp3) is 0.286. The Bertz CT molecular complexity index is 235. The zero-order valence-electron chi connectivity index (χ0n) is 5.76. The Morgan fingerprint density at radius 3 is 2.90 bits per heavy atom. The highest BCUT2D eigenvalue weighted by molar-refractivity contribution is 6.30. The molecule has 0 spiro atoms. The van der Waals surface area contributed by atoms with Gasteiger partial charge in [-0.3, -0.25) is 4.98 Å². The lowest BCUT2D eigenvalue weighted by Crippen LogP contribution is -1.95. The first kappa shape index (κ1) is 7.35. The van der Waals surface area contributed by atoms with Crippen LogP contribution in [0.2, 0.25) is 5.02 Å². The maximum absolute atomic E-state index is 5.63. The number of anilines is 1. The van der Waals surface area contributed by atoms with Gasteiger partial charge in [-0.05, 0) is 12.5 Å². The maximum Gasteiger partial charge on any atom is 0.0630 e. The molecule has 3 heteroatoms. The molecule has 54 valence electrons. The van der Waals surface area contributed by atoms with Crippen molar-refractivity contribution in [2.75, 3.05) is 5.73 Å². The number of halogens is 1. The van der Waals surface area contributed by atoms with E-state index in [0.717, 1.165) is 12.1 Å². The average Bonchev–Trinajstić information content (AvgIpc) is 1.88. The van der Waals surface area contributed by atoms with Gasteiger partial charge in [0.25, 0.3) is 0 Å². The number of aryl methyl sites for hydroxylation is 1. The molecule has 0 unspecified atom stereocenters. The van der Waals surface area contributed by atoms with Crippen LogP contribution < -0.4 is 5.73 Å². The lowest BCUT2D eigenvalue weighted by atomic mass is 10.2. The zero-order valence-corrected chi connectivity index (χ0v) is 6.52. The molecule has 1 aromatic rings. The molecule has 0 aliphatic rings. The van der Waals surface area contributed by atoms with Gasteiger partial charge in [0, 0.05) is 6.20 Å². The van der Waals surface area contributed by atoms with Crippen molar-refractivity contribution >= 4 is 17.3 Å². The number of nitrogen functional groups attached to an aromatic ring is 1. The maximum atomic E-state index is 5.63. The summed E-state index contributed by atoms with van der Waals surface area (Å²) in [5, 5.41) is 0.592. The van der Waals surface area contributed by atoms with Gasteiger partial charge in [0.2, 0.25) is 0 Å². The molecule has 1 rings (SSSR count). The molecule has 2 N–H and O–H groups in total. The van der Waals surface area contributed by atoms with Crippen molar-refractivity contribution in [1.82, 2.24) is 4.98 Å². The summed E-state index contributed by atoms with van der Waals surface area (Å²) < 4.78 is 0. The van der Waals surface area contributed by atoms with Gasteiger partial charge in [-0.25, -0.2) is 0 Å². The predicted molar refractivity (Wildman–Crippen MR) is 43.0 cm³/mol. The van der Waals surface area contributed by atoms with E-state index in [2.05, 4.69) is 4.98 Å². The van der Waals surface area contributed by atoms with E-state index in [4.69, 9.17) is 17.3 Å². The number of nitrogens with two attached hydrogens (primary N) is 1. The SMILES string of the molecule is CCc1ncc(Cl)cc1N. The summed E-state index contributed by atoms with van der Waals surface area (Å²) in [7, 11) is 0. The Morgan fingerprint density at radius 1 is 1.70 bits per heavy atom. The highest BCUT2D eigenvalue weighted by atomic mass is 35.5. The van der Waals surface area contributed by atoms with Crippen LogP contribution in [-0.2, 0) is 6.42 Å². The molecule has 0 radical (unpaired) electrons. The van der Waals surface area contributed by atoms with E-state index in [1.807, 2.05) is 6.92 Å². The molecular weight excluding hydrogens is 148 g/mol. The third-order valence-electron chi connectivity index (χ3n) is 1.31. The monoisotopic (exact) mass is 156 g/mol. The molecule has 1 heterocycles. The Kier molecular flexibility index (Phi) is 2.12. The quantitative estimate of drug-likeness (QED) is 0.675. The third kappa shape index (κ3) is 1.39. The minimum atomic E-state index is 0.592. The van der Waals surface area contributed by atoms with Crippen molar-refractivity contribution in [3.05, 3.63) is 23.0 Å². The van der Waals surface area contributed by atoms with Crippen LogP contribution in [0.25, 0.3) is 0 Å². The van der Waals surface area contributed by atoms with Crippen LogP contribution in [0.1, 0.15) is 12.6 Å². The summed E-state index contributed by atoms with van der Waals surface area (Å²) in [6.45, 7) is 2.01. The second kappa shape index (κ2) is 2.88. The van der Waals surface area contributed by atoms with Crippen LogP contribution in [0.4, 0.5) is 5.69 Å². The molecule has 2 nitrogen and oxygen atoms in total. The van der Waals surface area contributed by atoms with Crippen molar-refractivity contribution in [2.24, 2.45) is 0 Å². The standard InChI is InChI=1S/C7H9ClN2/c1-2-7-6(9)3-5(8)4-10-7/h3-4H,2,9H2,1H3. The van der Waals surface area contributed by atoms with Crippen LogP contribution in [0.5, 0.6) is 0 Å². The Balaban J connectivity index is 3.07. The van der Waals surface area contributed by atoms with Gasteiger partial charge in [-0.2, -0.15) is 0 Å². The highest BCUT2D eigenvalue weighted by Gasteiger charge is 1.96. The third-order valence-corrected chi connectivity index (χ3v) is 1.51. The molecule has 0 saturated carbocycles. The van der Waals surface area contributed by atoms with Crippen molar-refractivity contribution < 1.29 is 0 Å². The first-order valence-corrected chi connectivity index (χ1v) is 3.51. The lowest BCUT2D eigenvalue weighted by molar-refractivity contribution is 1.04. The summed E-state index contributed by atoms with van der Waals surface area (Å²) in [6, 6.07) is 1.72. The van der Waals surface area contributed by atoms with Crippen LogP contribution in [-0.4, -0.2) is 4.98 Å². The number of aromatic nitrogens is 1. The molecule has 0 aliphatic carbocycles. The largest absolute Gasteiger partial charge is 0.397 e. The fourth-order valence-corrected chi connectivity index (χ4v) is 0.945. The molecule has 0 atom stereocenters. The van der Waals surface area contributed by atoms with Gasteiger partial charge in [0.15, 0.2) is 0 Å². The Hall–Kier alpha value is -0.760. The summed E-state index contributed by atoms with van der Waals surface area (Å²) in [5.41, 5.74) is 7.17. The molecule has 1 aromatic heterocycles. The van der Waals surface area contributed by atoms with E-state index >= 15 is 0 Å². The van der Waals surface area contributed by atoms with E-state index in [1.54, 1.807) is 12.3 Å². The predicted octanol–water partition coefficient (Wildman–Crippen LogP) is 1.88. The minimum absolute atomic E-state index is 0.592. The second-order valence-corrected chi connectivity index (χ2v) is 2.48. The average molecular weight is 157 g/mol. The molecule has 0 fully saturated rings. The van der Waals surface area contributed by atoms with Gasteiger partial charge >= 0.3 is 0 Å². The Labute approximate surface area is 65.0 Å². The highest BCUT2D eigenvalue weighted by Crippen LogP contribution is 2.14. The number of nitrogens with zero attached hydrogens (tertiary/aromatic N) is 1. The number of hydrogen-bond acceptors (Lipinski definition) is 2. The zero-order chi connectivity index (χ0) is 7.56. The van der Waals surface area contributed by atoms with Crippen molar-refractivity contribution in [3.8, 4) is 0 Å². The summed E-state index contributed by atoms with van der Waals surface area (Å²) >= 11 is 5.63. The van der Waals surface area contributed by atoms with Crippen molar-refractivity contribution in [1.29, 1.82) is 0 Å². The first-order valence-electron chi connectivity index (χ1n) is 3.14. The molecule has 0 saturated heterocycles. The minimum Gasteiger partial charge on any atom is -0.397 e. The van der Waals surface area contributed by atoms with Gasteiger partial charge in [-0.15, -0.1) is 0 Å². The van der Waals surface area contributed by atoms with Crippen molar-refractivity contribution in [2.45, 2.75) is 13.3 Å². The Morgan fingerprint density at radius 2 is 2.40 bits per heavy atom. The lowest BCUT2D eigenvalue weighted by Gasteiger charge is -1.99. The first-order chi connectivity index (χ1) is 4.74. The molecular formula is C7H9ClN2. The molecule has 0 bridgehead atoms. The van der Waals surface area contributed by atoms with E-state index in [-0.39, 0.29) is 0 Å². The van der Waals surface area contributed by atoms with E-state index in [9.17, 15) is 0 Å². The van der Waals surface area contributed by atoms with Gasteiger partial charge in [0.1, 0.15) is 0 Å². The van der Waals surface area contributed by atoms with Gasteiger partial charge in [-0.1, -0.05) is 18.5 Å². The topological polar surface area (TPSA) is 38.9 Å². The second-order valence-electron chi connectivity index (χ2n) is 2.04. The van der Waals surface area contributed by atoms with Crippen molar-refractivity contribution in [3.63, 3.8) is 0 Å². The van der Waals surface area contributed by atoms with Crippen LogP contribution >= 0.6 is 11.6 Å². The number of pyridine rings is 1. The molecule has 0 aliphatic heterocycles. The summed E-state index contributed by atoms with van der Waals surface area (Å²) in [5.74, 6) is 0. The van der Waals surface area contributed by atoms with Gasteiger partial charge < -0.3 is 5.73 Å². The fourth-order valence-electron chi connectivity index (χ4n) is 0.779. The van der Waals surface area contributed by atoms with E-state index in [0.29, 0.717) is 10.7 Å². The number of rotatable bonds is 1. The number of hydrogen-bond donors (Lipinski definition) is 1. The smallest absolute Gasteiger partial charge is 0.0630 e. The molecule has 0 amide bonds. The van der Waals surface area contributed by atoms with Crippen LogP contribution in [0.15, 0.2) is 12.3 Å². The van der Waals surface area contributed by atoms with E-state index < -0.39 is 0 Å². The molecule has 10 heavy (non-hydrogen) atoms. The van der Waals surface area contributed by atoms with Crippen LogP contribution in [0.3, 0.4) is 0 Å². The summed E-state index contributed by atoms with van der Waals surface area (Å²) in [4.78, 5) is 4.04.